The van der Waals surface area contributed by atoms with Crippen molar-refractivity contribution >= 4 is 22.5 Å². The van der Waals surface area contributed by atoms with E-state index in [1.807, 2.05) is 42.2 Å². The lowest BCUT2D eigenvalue weighted by molar-refractivity contribution is -0.0221. The van der Waals surface area contributed by atoms with Gasteiger partial charge in [0.05, 0.1) is 12.7 Å². The van der Waals surface area contributed by atoms with Crippen molar-refractivity contribution in [2.24, 2.45) is 0 Å². The van der Waals surface area contributed by atoms with Crippen molar-refractivity contribution in [3.05, 3.63) is 42.2 Å². The smallest absolute Gasteiger partial charge is 0.107 e. The van der Waals surface area contributed by atoms with Crippen LogP contribution in [-0.2, 0) is 4.74 Å². The average molecular weight is 261 g/mol. The number of rotatable bonds is 2. The first kappa shape index (κ1) is 12.0. The molecule has 4 heteroatoms. The fourth-order valence-corrected chi connectivity index (χ4v) is 3.19. The highest BCUT2D eigenvalue weighted by atomic mass is 32.2. The third kappa shape index (κ3) is 2.23. The summed E-state index contributed by atoms with van der Waals surface area (Å²) in [5, 5.41) is 12.6. The number of thioether (sulfide) groups is 1. The minimum atomic E-state index is -0.566. The molecule has 2 atom stereocenters. The lowest BCUT2D eigenvalue weighted by atomic mass is 9.99. The van der Waals surface area contributed by atoms with Crippen LogP contribution < -0.4 is 0 Å². The summed E-state index contributed by atoms with van der Waals surface area (Å²) >= 11 is 1.83. The molecule has 2 aromatic rings. The number of ether oxygens (including phenoxy) is 1. The van der Waals surface area contributed by atoms with Gasteiger partial charge in [0.25, 0.3) is 0 Å². The number of nitrogens with zero attached hydrogens (tertiary/aromatic N) is 1. The minimum Gasteiger partial charge on any atom is -0.386 e. The zero-order valence-corrected chi connectivity index (χ0v) is 10.8. The number of aromatic nitrogens is 1. The molecule has 1 saturated heterocycles. The summed E-state index contributed by atoms with van der Waals surface area (Å²) in [4.78, 5) is 4.11. The molecule has 1 N–H and O–H groups in total. The molecular formula is C14H15NO2S. The number of hydrogen-bond acceptors (Lipinski definition) is 4. The molecule has 0 radical (unpaired) electrons. The number of benzene rings is 1. The Hall–Kier alpha value is -1.10. The van der Waals surface area contributed by atoms with Crippen LogP contribution in [0, 0.1) is 0 Å². The first-order valence-corrected chi connectivity index (χ1v) is 7.22. The summed E-state index contributed by atoms with van der Waals surface area (Å²) in [5.74, 6) is 1.87. The van der Waals surface area contributed by atoms with Crippen LogP contribution in [0.1, 0.15) is 11.7 Å². The molecular weight excluding hydrogens is 246 g/mol. The summed E-state index contributed by atoms with van der Waals surface area (Å²) in [6.07, 6.45) is 2.91. The molecule has 0 bridgehead atoms. The van der Waals surface area contributed by atoms with Crippen LogP contribution in [-0.4, -0.2) is 34.3 Å². The Morgan fingerprint density at radius 2 is 2.33 bits per heavy atom. The van der Waals surface area contributed by atoms with Crippen LogP contribution in [0.4, 0.5) is 0 Å². The van der Waals surface area contributed by atoms with E-state index in [-0.39, 0.29) is 6.10 Å². The van der Waals surface area contributed by atoms with Crippen molar-refractivity contribution in [1.82, 2.24) is 4.98 Å². The van der Waals surface area contributed by atoms with Gasteiger partial charge in [-0.2, -0.15) is 11.8 Å². The molecule has 0 aliphatic carbocycles. The first-order valence-electron chi connectivity index (χ1n) is 6.06. The summed E-state index contributed by atoms with van der Waals surface area (Å²) in [6, 6.07) is 7.88. The van der Waals surface area contributed by atoms with E-state index in [1.165, 1.54) is 0 Å². The van der Waals surface area contributed by atoms with Crippen molar-refractivity contribution in [2.45, 2.75) is 12.2 Å². The van der Waals surface area contributed by atoms with Gasteiger partial charge < -0.3 is 9.84 Å². The highest BCUT2D eigenvalue weighted by Gasteiger charge is 2.25. The second-order valence-corrected chi connectivity index (χ2v) is 5.52. The average Bonchev–Trinajstić information content (AvgIpc) is 2.47. The topological polar surface area (TPSA) is 42.4 Å². The van der Waals surface area contributed by atoms with Crippen LogP contribution in [0.2, 0.25) is 0 Å². The minimum absolute atomic E-state index is 0.109. The number of hydrogen-bond donors (Lipinski definition) is 1. The molecule has 3 nitrogen and oxygen atoms in total. The Labute approximate surface area is 110 Å². The van der Waals surface area contributed by atoms with Gasteiger partial charge >= 0.3 is 0 Å². The maximum Gasteiger partial charge on any atom is 0.107 e. The monoisotopic (exact) mass is 261 g/mol. The zero-order chi connectivity index (χ0) is 12.4. The Morgan fingerprint density at radius 3 is 3.17 bits per heavy atom. The first-order chi connectivity index (χ1) is 8.86. The molecule has 1 aliphatic rings. The van der Waals surface area contributed by atoms with Crippen LogP contribution in [0.3, 0.4) is 0 Å². The molecule has 0 amide bonds. The maximum absolute atomic E-state index is 10.5. The van der Waals surface area contributed by atoms with Crippen molar-refractivity contribution in [1.29, 1.82) is 0 Å². The number of fused-ring (bicyclic) bond motifs is 1. The maximum atomic E-state index is 10.5. The van der Waals surface area contributed by atoms with Gasteiger partial charge in [0.2, 0.25) is 0 Å². The molecule has 0 saturated carbocycles. The van der Waals surface area contributed by atoms with Gasteiger partial charge in [-0.05, 0) is 17.0 Å². The predicted octanol–water partition coefficient (Wildman–Crippen LogP) is 2.40. The van der Waals surface area contributed by atoms with Crippen LogP contribution in [0.5, 0.6) is 0 Å². The van der Waals surface area contributed by atoms with E-state index in [1.54, 1.807) is 6.20 Å². The number of pyridine rings is 1. The van der Waals surface area contributed by atoms with Crippen LogP contribution >= 0.6 is 11.8 Å². The Bertz CT molecular complexity index is 535. The third-order valence-electron chi connectivity index (χ3n) is 3.23. The van der Waals surface area contributed by atoms with Gasteiger partial charge in [0, 0.05) is 29.3 Å². The van der Waals surface area contributed by atoms with Gasteiger partial charge in [-0.3, -0.25) is 4.98 Å². The highest BCUT2D eigenvalue weighted by Crippen LogP contribution is 2.30. The molecule has 1 fully saturated rings. The van der Waals surface area contributed by atoms with Gasteiger partial charge in [-0.1, -0.05) is 18.2 Å². The molecule has 1 aromatic carbocycles. The number of aliphatic hydroxyl groups is 1. The third-order valence-corrected chi connectivity index (χ3v) is 4.25. The second-order valence-electron chi connectivity index (χ2n) is 4.37. The molecule has 1 aromatic heterocycles. The van der Waals surface area contributed by atoms with Gasteiger partial charge in [-0.15, -0.1) is 0 Å². The number of aliphatic hydroxyl groups excluding tert-OH is 1. The highest BCUT2D eigenvalue weighted by molar-refractivity contribution is 7.99. The predicted molar refractivity (Wildman–Crippen MR) is 73.8 cm³/mol. The zero-order valence-electron chi connectivity index (χ0n) is 9.95. The van der Waals surface area contributed by atoms with E-state index >= 15 is 0 Å². The summed E-state index contributed by atoms with van der Waals surface area (Å²) < 4.78 is 5.66. The molecule has 1 aliphatic heterocycles. The van der Waals surface area contributed by atoms with Gasteiger partial charge in [0.15, 0.2) is 0 Å². The van der Waals surface area contributed by atoms with E-state index in [2.05, 4.69) is 4.98 Å². The van der Waals surface area contributed by atoms with Gasteiger partial charge in [-0.25, -0.2) is 0 Å². The molecule has 2 heterocycles. The molecule has 0 spiro atoms. The van der Waals surface area contributed by atoms with Crippen molar-refractivity contribution in [3.8, 4) is 0 Å². The summed E-state index contributed by atoms with van der Waals surface area (Å²) in [7, 11) is 0. The largest absolute Gasteiger partial charge is 0.386 e. The van der Waals surface area contributed by atoms with Crippen molar-refractivity contribution < 1.29 is 9.84 Å². The Balaban J connectivity index is 1.97. The van der Waals surface area contributed by atoms with Crippen molar-refractivity contribution in [2.75, 3.05) is 18.1 Å². The summed E-state index contributed by atoms with van der Waals surface area (Å²) in [6.45, 7) is 0.721. The quantitative estimate of drug-likeness (QED) is 0.901. The second kappa shape index (κ2) is 5.26. The van der Waals surface area contributed by atoms with E-state index in [9.17, 15) is 5.11 Å². The molecule has 94 valence electrons. The Morgan fingerprint density at radius 1 is 1.39 bits per heavy atom. The standard InChI is InChI=1S/C14H15NO2S/c16-14(13-9-18-7-6-17-13)12-3-1-2-10-8-15-5-4-11(10)12/h1-5,8,13-14,16H,6-7,9H2. The SMILES string of the molecule is OC(c1cccc2cnccc12)C1CSCCO1. The lowest BCUT2D eigenvalue weighted by Gasteiger charge is -2.27. The van der Waals surface area contributed by atoms with Crippen molar-refractivity contribution in [3.63, 3.8) is 0 Å². The molecule has 18 heavy (non-hydrogen) atoms. The van der Waals surface area contributed by atoms with E-state index in [0.29, 0.717) is 0 Å². The lowest BCUT2D eigenvalue weighted by Crippen LogP contribution is -2.29. The van der Waals surface area contributed by atoms with Crippen LogP contribution in [0.15, 0.2) is 36.7 Å². The molecule has 3 rings (SSSR count). The van der Waals surface area contributed by atoms with E-state index < -0.39 is 6.10 Å². The molecule has 2 unspecified atom stereocenters. The fraction of sp³-hybridized carbons (Fsp3) is 0.357. The fourth-order valence-electron chi connectivity index (χ4n) is 2.29. The van der Waals surface area contributed by atoms with E-state index in [4.69, 9.17) is 4.74 Å². The summed E-state index contributed by atoms with van der Waals surface area (Å²) in [5.41, 5.74) is 0.933. The Kier molecular flexibility index (Phi) is 3.50. The van der Waals surface area contributed by atoms with E-state index in [0.717, 1.165) is 34.4 Å². The normalized spacial score (nSPS) is 21.9. The van der Waals surface area contributed by atoms with Gasteiger partial charge in [0.1, 0.15) is 6.10 Å². The van der Waals surface area contributed by atoms with Crippen LogP contribution in [0.25, 0.3) is 10.8 Å².